The number of carbonyl (C=O) groups is 1. The minimum Gasteiger partial charge on any atom is -0.396 e. The number of hydrogen-bond donors (Lipinski definition) is 2. The van der Waals surface area contributed by atoms with Crippen LogP contribution in [0.1, 0.15) is 54.3 Å². The van der Waals surface area contributed by atoms with E-state index in [0.717, 1.165) is 25.1 Å². The highest BCUT2D eigenvalue weighted by molar-refractivity contribution is 5.92. The fourth-order valence-electron chi connectivity index (χ4n) is 4.16. The molecule has 0 saturated heterocycles. The number of carbonyl (C=O) groups excluding carboxylic acids is 1. The molecule has 1 aromatic heterocycles. The summed E-state index contributed by atoms with van der Waals surface area (Å²) in [5.74, 6) is 2.46. The molecule has 2 bridgehead atoms. The van der Waals surface area contributed by atoms with Crippen LogP contribution in [0.4, 0.5) is 0 Å². The van der Waals surface area contributed by atoms with E-state index in [1.807, 2.05) is 0 Å². The minimum absolute atomic E-state index is 0.112. The highest BCUT2D eigenvalue weighted by Crippen LogP contribution is 2.48. The van der Waals surface area contributed by atoms with E-state index in [2.05, 4.69) is 15.3 Å². The van der Waals surface area contributed by atoms with Gasteiger partial charge in [-0.1, -0.05) is 0 Å². The summed E-state index contributed by atoms with van der Waals surface area (Å²) in [4.78, 5) is 21.1. The fraction of sp³-hybridized carbons (Fsp3) is 0.688. The molecule has 1 heterocycles. The molecule has 5 nitrogen and oxygen atoms in total. The Bertz CT molecular complexity index is 558. The van der Waals surface area contributed by atoms with E-state index in [1.54, 1.807) is 12.3 Å². The van der Waals surface area contributed by atoms with E-state index in [4.69, 9.17) is 0 Å². The maximum absolute atomic E-state index is 12.5. The van der Waals surface area contributed by atoms with Crippen molar-refractivity contribution in [1.29, 1.82) is 0 Å². The van der Waals surface area contributed by atoms with Gasteiger partial charge in [0.25, 0.3) is 5.91 Å². The number of aliphatic hydroxyl groups is 1. The van der Waals surface area contributed by atoms with Gasteiger partial charge in [0.05, 0.1) is 0 Å². The van der Waals surface area contributed by atoms with Crippen LogP contribution in [-0.4, -0.2) is 33.6 Å². The molecular weight excluding hydrogens is 266 g/mol. The first-order valence-electron chi connectivity index (χ1n) is 8.01. The Kier molecular flexibility index (Phi) is 3.17. The van der Waals surface area contributed by atoms with Crippen LogP contribution in [-0.2, 0) is 0 Å². The number of aromatic nitrogens is 2. The van der Waals surface area contributed by atoms with Crippen molar-refractivity contribution in [2.24, 2.45) is 17.8 Å². The molecule has 1 amide bonds. The van der Waals surface area contributed by atoms with Crippen molar-refractivity contribution in [1.82, 2.24) is 15.3 Å². The van der Waals surface area contributed by atoms with Gasteiger partial charge in [-0.15, -0.1) is 0 Å². The van der Waals surface area contributed by atoms with Crippen molar-refractivity contribution < 1.29 is 9.90 Å². The Balaban J connectivity index is 1.49. The second-order valence-corrected chi connectivity index (χ2v) is 6.75. The summed E-state index contributed by atoms with van der Waals surface area (Å²) in [6.45, 7) is 0.170. The van der Waals surface area contributed by atoms with E-state index < -0.39 is 0 Å². The molecule has 5 heteroatoms. The molecule has 3 saturated carbocycles. The monoisotopic (exact) mass is 287 g/mol. The lowest BCUT2D eigenvalue weighted by Crippen LogP contribution is -2.45. The number of fused-ring (bicyclic) bond motifs is 2. The van der Waals surface area contributed by atoms with Gasteiger partial charge in [0.2, 0.25) is 0 Å². The van der Waals surface area contributed by atoms with Crippen LogP contribution < -0.4 is 5.32 Å². The number of aliphatic hydroxyl groups excluding tert-OH is 1. The molecule has 1 aromatic rings. The van der Waals surface area contributed by atoms with Gasteiger partial charge in [-0.3, -0.25) is 4.79 Å². The van der Waals surface area contributed by atoms with Crippen LogP contribution in [0.15, 0.2) is 12.3 Å². The van der Waals surface area contributed by atoms with Crippen molar-refractivity contribution in [3.05, 3.63) is 23.8 Å². The Hall–Kier alpha value is -1.49. The largest absolute Gasteiger partial charge is 0.396 e. The molecule has 4 rings (SSSR count). The van der Waals surface area contributed by atoms with Gasteiger partial charge < -0.3 is 10.4 Å². The maximum Gasteiger partial charge on any atom is 0.270 e. The third kappa shape index (κ3) is 2.33. The number of nitrogens with zero attached hydrogens (tertiary/aromatic N) is 2. The average molecular weight is 287 g/mol. The maximum atomic E-state index is 12.5. The topological polar surface area (TPSA) is 75.1 Å². The van der Waals surface area contributed by atoms with Crippen molar-refractivity contribution >= 4 is 5.91 Å². The van der Waals surface area contributed by atoms with Gasteiger partial charge in [-0.25, -0.2) is 9.97 Å². The standard InChI is InChI=1S/C16H21N3O2/c20-8-12-10-3-4-11(7-10)14(12)19-16(21)13-5-6-17-15(18-13)9-1-2-9/h5-6,9-12,14,20H,1-4,7-8H2,(H,19,21). The van der Waals surface area contributed by atoms with Gasteiger partial charge >= 0.3 is 0 Å². The van der Waals surface area contributed by atoms with Crippen LogP contribution in [0, 0.1) is 17.8 Å². The van der Waals surface area contributed by atoms with Crippen LogP contribution in [0.3, 0.4) is 0 Å². The second kappa shape index (κ2) is 5.05. The quantitative estimate of drug-likeness (QED) is 0.880. The summed E-state index contributed by atoms with van der Waals surface area (Å²) in [7, 11) is 0. The van der Waals surface area contributed by atoms with Crippen molar-refractivity contribution in [2.45, 2.75) is 44.1 Å². The molecular formula is C16H21N3O2. The van der Waals surface area contributed by atoms with E-state index in [-0.39, 0.29) is 24.5 Å². The van der Waals surface area contributed by atoms with Gasteiger partial charge in [-0.05, 0) is 50.0 Å². The predicted molar refractivity (Wildman–Crippen MR) is 76.7 cm³/mol. The average Bonchev–Trinajstić information content (AvgIpc) is 3.18. The number of rotatable bonds is 4. The van der Waals surface area contributed by atoms with Crippen molar-refractivity contribution in [3.8, 4) is 0 Å². The third-order valence-corrected chi connectivity index (χ3v) is 5.45. The lowest BCUT2D eigenvalue weighted by molar-refractivity contribution is 0.0856. The lowest BCUT2D eigenvalue weighted by atomic mass is 9.85. The molecule has 4 atom stereocenters. The van der Waals surface area contributed by atoms with Crippen LogP contribution in [0.25, 0.3) is 0 Å². The molecule has 4 unspecified atom stereocenters. The molecule has 112 valence electrons. The Morgan fingerprint density at radius 3 is 2.86 bits per heavy atom. The Labute approximate surface area is 124 Å². The molecule has 3 aliphatic carbocycles. The zero-order chi connectivity index (χ0) is 14.4. The number of amides is 1. The smallest absolute Gasteiger partial charge is 0.270 e. The molecule has 3 fully saturated rings. The molecule has 0 aromatic carbocycles. The minimum atomic E-state index is -0.115. The fourth-order valence-corrected chi connectivity index (χ4v) is 4.16. The Morgan fingerprint density at radius 1 is 1.29 bits per heavy atom. The first-order chi connectivity index (χ1) is 10.3. The van der Waals surface area contributed by atoms with Crippen LogP contribution in [0.2, 0.25) is 0 Å². The van der Waals surface area contributed by atoms with Crippen LogP contribution >= 0.6 is 0 Å². The lowest BCUT2D eigenvalue weighted by Gasteiger charge is -2.30. The van der Waals surface area contributed by atoms with Crippen LogP contribution in [0.5, 0.6) is 0 Å². The first-order valence-corrected chi connectivity index (χ1v) is 8.01. The van der Waals surface area contributed by atoms with Gasteiger partial charge in [0.15, 0.2) is 0 Å². The normalized spacial score (nSPS) is 34.1. The van der Waals surface area contributed by atoms with Gasteiger partial charge in [0.1, 0.15) is 11.5 Å². The summed E-state index contributed by atoms with van der Waals surface area (Å²) < 4.78 is 0. The molecule has 3 aliphatic rings. The molecule has 0 aliphatic heterocycles. The van der Waals surface area contributed by atoms with Crippen molar-refractivity contribution in [3.63, 3.8) is 0 Å². The summed E-state index contributed by atoms with van der Waals surface area (Å²) in [5.41, 5.74) is 0.464. The summed E-state index contributed by atoms with van der Waals surface area (Å²) in [5, 5.41) is 12.7. The molecule has 2 N–H and O–H groups in total. The van der Waals surface area contributed by atoms with Gasteiger partial charge in [0, 0.05) is 30.7 Å². The predicted octanol–water partition coefficient (Wildman–Crippen LogP) is 1.49. The molecule has 0 radical (unpaired) electrons. The molecule has 21 heavy (non-hydrogen) atoms. The van der Waals surface area contributed by atoms with Crippen molar-refractivity contribution in [2.75, 3.05) is 6.61 Å². The summed E-state index contributed by atoms with van der Waals surface area (Å²) in [6, 6.07) is 1.79. The zero-order valence-corrected chi connectivity index (χ0v) is 12.0. The molecule has 0 spiro atoms. The van der Waals surface area contributed by atoms with E-state index in [9.17, 15) is 9.90 Å². The zero-order valence-electron chi connectivity index (χ0n) is 12.0. The van der Waals surface area contributed by atoms with Gasteiger partial charge in [-0.2, -0.15) is 0 Å². The number of hydrogen-bond acceptors (Lipinski definition) is 4. The summed E-state index contributed by atoms with van der Waals surface area (Å²) >= 11 is 0. The Morgan fingerprint density at radius 2 is 2.10 bits per heavy atom. The van der Waals surface area contributed by atoms with E-state index in [0.29, 0.717) is 23.4 Å². The first kappa shape index (κ1) is 13.2. The second-order valence-electron chi connectivity index (χ2n) is 6.75. The number of nitrogens with one attached hydrogen (secondary N) is 1. The van der Waals surface area contributed by atoms with E-state index >= 15 is 0 Å². The third-order valence-electron chi connectivity index (χ3n) is 5.45. The van der Waals surface area contributed by atoms with E-state index in [1.165, 1.54) is 12.8 Å². The SMILES string of the molecule is O=C(NC1C2CCC(C2)C1CO)c1ccnc(C2CC2)n1. The highest BCUT2D eigenvalue weighted by Gasteiger charge is 2.47. The summed E-state index contributed by atoms with van der Waals surface area (Å²) in [6.07, 6.45) is 7.45. The highest BCUT2D eigenvalue weighted by atomic mass is 16.3.